The van der Waals surface area contributed by atoms with E-state index in [-0.39, 0.29) is 0 Å². The van der Waals surface area contributed by atoms with Crippen molar-refractivity contribution in [1.29, 1.82) is 0 Å². The fourth-order valence-electron chi connectivity index (χ4n) is 2.90. The van der Waals surface area contributed by atoms with Gasteiger partial charge in [0.15, 0.2) is 0 Å². The molecule has 5 nitrogen and oxygen atoms in total. The van der Waals surface area contributed by atoms with Crippen molar-refractivity contribution >= 4 is 28.2 Å². The quantitative estimate of drug-likeness (QED) is 0.904. The van der Waals surface area contributed by atoms with Crippen LogP contribution in [0.4, 0.5) is 16.2 Å². The maximum atomic E-state index is 12.2. The molecule has 1 amide bonds. The third-order valence-corrected chi connectivity index (χ3v) is 3.86. The van der Waals surface area contributed by atoms with Crippen LogP contribution in [-0.2, 0) is 9.47 Å². The number of benzene rings is 2. The van der Waals surface area contributed by atoms with E-state index in [1.54, 1.807) is 0 Å². The Morgan fingerprint density at radius 1 is 1.12 bits per heavy atom. The van der Waals surface area contributed by atoms with Crippen molar-refractivity contribution in [1.82, 2.24) is 0 Å². The van der Waals surface area contributed by atoms with E-state index >= 15 is 0 Å². The van der Waals surface area contributed by atoms with Crippen LogP contribution in [0, 0.1) is 0 Å². The van der Waals surface area contributed by atoms with Gasteiger partial charge in [0, 0.05) is 18.5 Å². The van der Waals surface area contributed by atoms with Gasteiger partial charge in [-0.15, -0.1) is 0 Å². The normalized spacial score (nSPS) is 15.4. The Kier molecular flexibility index (Phi) is 4.62. The number of amides is 1. The molecule has 2 aromatic rings. The smallest absolute Gasteiger partial charge is 0.412 e. The lowest BCUT2D eigenvalue weighted by atomic mass is 10.1. The average molecular weight is 328 g/mol. The van der Waals surface area contributed by atoms with Gasteiger partial charge in [0.05, 0.1) is 24.6 Å². The van der Waals surface area contributed by atoms with Crippen molar-refractivity contribution < 1.29 is 14.3 Å². The highest BCUT2D eigenvalue weighted by atomic mass is 16.6. The first-order chi connectivity index (χ1) is 11.4. The molecule has 0 aromatic heterocycles. The topological polar surface area (TPSA) is 50.8 Å². The maximum Gasteiger partial charge on any atom is 0.412 e. The molecule has 0 spiro atoms. The Bertz CT molecular complexity index is 731. The van der Waals surface area contributed by atoms with Crippen molar-refractivity contribution in [3.05, 3.63) is 36.4 Å². The summed E-state index contributed by atoms with van der Waals surface area (Å²) in [7, 11) is 0. The number of morpholine rings is 1. The van der Waals surface area contributed by atoms with E-state index in [2.05, 4.69) is 22.3 Å². The number of fused-ring (bicyclic) bond motifs is 1. The molecule has 0 aliphatic carbocycles. The fourth-order valence-corrected chi connectivity index (χ4v) is 2.90. The molecule has 5 heteroatoms. The summed E-state index contributed by atoms with van der Waals surface area (Å²) in [5.74, 6) is 0. The molecule has 1 saturated heterocycles. The van der Waals surface area contributed by atoms with Gasteiger partial charge >= 0.3 is 6.09 Å². The van der Waals surface area contributed by atoms with E-state index < -0.39 is 11.7 Å². The van der Waals surface area contributed by atoms with Crippen LogP contribution in [0.1, 0.15) is 20.8 Å². The fraction of sp³-hybridized carbons (Fsp3) is 0.421. The third kappa shape index (κ3) is 3.79. The standard InChI is InChI=1S/C19H24N2O3/c1-19(2,3)24-18(22)20-16-9-8-14-6-4-5-7-15(14)17(16)21-10-12-23-13-11-21/h4-9H,10-13H2,1-3H3,(H,20,22). The zero-order valence-corrected chi connectivity index (χ0v) is 14.5. The summed E-state index contributed by atoms with van der Waals surface area (Å²) < 4.78 is 10.9. The Hall–Kier alpha value is -2.27. The van der Waals surface area contributed by atoms with Crippen LogP contribution in [0.15, 0.2) is 36.4 Å². The largest absolute Gasteiger partial charge is 0.444 e. The molecule has 0 radical (unpaired) electrons. The number of nitrogens with one attached hydrogen (secondary N) is 1. The Balaban J connectivity index is 1.98. The molecule has 1 heterocycles. The second-order valence-electron chi connectivity index (χ2n) is 6.91. The van der Waals surface area contributed by atoms with E-state index in [1.807, 2.05) is 45.0 Å². The Labute approximate surface area is 142 Å². The average Bonchev–Trinajstić information content (AvgIpc) is 2.53. The number of carbonyl (C=O) groups is 1. The highest BCUT2D eigenvalue weighted by molar-refractivity contribution is 6.04. The molecule has 1 aliphatic heterocycles. The molecule has 2 aromatic carbocycles. The highest BCUT2D eigenvalue weighted by Crippen LogP contribution is 2.35. The monoisotopic (exact) mass is 328 g/mol. The molecule has 0 saturated carbocycles. The van der Waals surface area contributed by atoms with Crippen molar-refractivity contribution in [3.8, 4) is 0 Å². The SMILES string of the molecule is CC(C)(C)OC(=O)Nc1ccc2ccccc2c1N1CCOCC1. The van der Waals surface area contributed by atoms with Gasteiger partial charge in [-0.1, -0.05) is 30.3 Å². The summed E-state index contributed by atoms with van der Waals surface area (Å²) in [6.45, 7) is 8.56. The van der Waals surface area contributed by atoms with E-state index in [4.69, 9.17) is 9.47 Å². The summed E-state index contributed by atoms with van der Waals surface area (Å²) in [5.41, 5.74) is 1.27. The Morgan fingerprint density at radius 3 is 2.54 bits per heavy atom. The van der Waals surface area contributed by atoms with Gasteiger partial charge in [-0.05, 0) is 32.2 Å². The molecule has 1 aliphatic rings. The molecule has 128 valence electrons. The summed E-state index contributed by atoms with van der Waals surface area (Å²) >= 11 is 0. The van der Waals surface area contributed by atoms with Crippen LogP contribution in [0.5, 0.6) is 0 Å². The molecule has 3 rings (SSSR count). The van der Waals surface area contributed by atoms with E-state index in [1.165, 1.54) is 0 Å². The lowest BCUT2D eigenvalue weighted by Crippen LogP contribution is -2.37. The van der Waals surface area contributed by atoms with Gasteiger partial charge in [-0.3, -0.25) is 5.32 Å². The second kappa shape index (κ2) is 6.69. The minimum Gasteiger partial charge on any atom is -0.444 e. The predicted molar refractivity (Wildman–Crippen MR) is 96.8 cm³/mol. The first kappa shape index (κ1) is 16.6. The summed E-state index contributed by atoms with van der Waals surface area (Å²) in [6, 6.07) is 12.2. The zero-order chi connectivity index (χ0) is 17.2. The van der Waals surface area contributed by atoms with Crippen molar-refractivity contribution in [3.63, 3.8) is 0 Å². The summed E-state index contributed by atoms with van der Waals surface area (Å²) in [5, 5.41) is 5.18. The molecule has 24 heavy (non-hydrogen) atoms. The minimum absolute atomic E-state index is 0.438. The molecule has 0 bridgehead atoms. The van der Waals surface area contributed by atoms with Crippen LogP contribution in [0.25, 0.3) is 10.8 Å². The van der Waals surface area contributed by atoms with Crippen molar-refractivity contribution in [2.45, 2.75) is 26.4 Å². The third-order valence-electron chi connectivity index (χ3n) is 3.86. The maximum absolute atomic E-state index is 12.2. The molecule has 1 fully saturated rings. The van der Waals surface area contributed by atoms with Gasteiger partial charge in [-0.25, -0.2) is 4.79 Å². The van der Waals surface area contributed by atoms with Crippen LogP contribution in [0.3, 0.4) is 0 Å². The van der Waals surface area contributed by atoms with Crippen LogP contribution >= 0.6 is 0 Å². The number of hydrogen-bond acceptors (Lipinski definition) is 4. The highest BCUT2D eigenvalue weighted by Gasteiger charge is 2.21. The summed E-state index contributed by atoms with van der Waals surface area (Å²) in [4.78, 5) is 14.5. The van der Waals surface area contributed by atoms with Crippen LogP contribution in [-0.4, -0.2) is 38.0 Å². The predicted octanol–water partition coefficient (Wildman–Crippen LogP) is 4.02. The van der Waals surface area contributed by atoms with Gasteiger partial charge in [0.2, 0.25) is 0 Å². The molecular weight excluding hydrogens is 304 g/mol. The number of carbonyl (C=O) groups excluding carboxylic acids is 1. The number of anilines is 2. The minimum atomic E-state index is -0.528. The lowest BCUT2D eigenvalue weighted by Gasteiger charge is -2.32. The van der Waals surface area contributed by atoms with Gasteiger partial charge in [0.25, 0.3) is 0 Å². The number of hydrogen-bond donors (Lipinski definition) is 1. The van der Waals surface area contributed by atoms with E-state index in [0.29, 0.717) is 13.2 Å². The number of ether oxygens (including phenoxy) is 2. The molecular formula is C19H24N2O3. The van der Waals surface area contributed by atoms with Crippen LogP contribution < -0.4 is 10.2 Å². The first-order valence-corrected chi connectivity index (χ1v) is 8.28. The van der Waals surface area contributed by atoms with Crippen LogP contribution in [0.2, 0.25) is 0 Å². The van der Waals surface area contributed by atoms with Gasteiger partial charge in [0.1, 0.15) is 5.60 Å². The Morgan fingerprint density at radius 2 is 1.83 bits per heavy atom. The molecule has 1 N–H and O–H groups in total. The zero-order valence-electron chi connectivity index (χ0n) is 14.5. The second-order valence-corrected chi connectivity index (χ2v) is 6.91. The van der Waals surface area contributed by atoms with E-state index in [9.17, 15) is 4.79 Å². The van der Waals surface area contributed by atoms with E-state index in [0.717, 1.165) is 35.2 Å². The number of nitrogens with zero attached hydrogens (tertiary/aromatic N) is 1. The lowest BCUT2D eigenvalue weighted by molar-refractivity contribution is 0.0636. The van der Waals surface area contributed by atoms with Crippen molar-refractivity contribution in [2.24, 2.45) is 0 Å². The molecule has 0 atom stereocenters. The molecule has 0 unspecified atom stereocenters. The number of rotatable bonds is 2. The van der Waals surface area contributed by atoms with Gasteiger partial charge in [-0.2, -0.15) is 0 Å². The van der Waals surface area contributed by atoms with Crippen molar-refractivity contribution in [2.75, 3.05) is 36.5 Å². The summed E-state index contributed by atoms with van der Waals surface area (Å²) in [6.07, 6.45) is -0.438. The van der Waals surface area contributed by atoms with Gasteiger partial charge < -0.3 is 14.4 Å². The first-order valence-electron chi connectivity index (χ1n) is 8.28.